The highest BCUT2D eigenvalue weighted by Crippen LogP contribution is 2.33. The van der Waals surface area contributed by atoms with Gasteiger partial charge in [-0.25, -0.2) is 9.67 Å². The number of ether oxygens (including phenoxy) is 2. The third-order valence-corrected chi connectivity index (χ3v) is 5.60. The molecule has 7 nitrogen and oxygen atoms in total. The van der Waals surface area contributed by atoms with Crippen molar-refractivity contribution in [1.82, 2.24) is 19.7 Å². The molecule has 0 spiro atoms. The number of hydrogen-bond donors (Lipinski definition) is 0. The van der Waals surface area contributed by atoms with Gasteiger partial charge >= 0.3 is 6.61 Å². The molecule has 0 saturated heterocycles. The number of benzene rings is 2. The second-order valence-electron chi connectivity index (χ2n) is 8.20. The molecular formula is C25H23ClF2N4O3. The van der Waals surface area contributed by atoms with Crippen LogP contribution >= 0.6 is 11.6 Å². The van der Waals surface area contributed by atoms with Crippen LogP contribution in [0, 0.1) is 5.92 Å². The van der Waals surface area contributed by atoms with E-state index in [0.717, 1.165) is 11.1 Å². The Bertz CT molecular complexity index is 1300. The Morgan fingerprint density at radius 2 is 1.74 bits per heavy atom. The van der Waals surface area contributed by atoms with Gasteiger partial charge in [-0.15, -0.1) is 0 Å². The Hall–Kier alpha value is -3.43. The van der Waals surface area contributed by atoms with Gasteiger partial charge in [-0.2, -0.15) is 18.9 Å². The van der Waals surface area contributed by atoms with Crippen molar-refractivity contribution in [3.05, 3.63) is 82.4 Å². The molecule has 35 heavy (non-hydrogen) atoms. The second kappa shape index (κ2) is 10.9. The van der Waals surface area contributed by atoms with Crippen LogP contribution in [-0.4, -0.2) is 32.6 Å². The smallest absolute Gasteiger partial charge is 0.387 e. The van der Waals surface area contributed by atoms with Gasteiger partial charge in [-0.3, -0.25) is 4.79 Å². The molecule has 0 amide bonds. The van der Waals surface area contributed by atoms with Gasteiger partial charge in [-0.05, 0) is 40.8 Å². The molecule has 4 aromatic rings. The monoisotopic (exact) mass is 500 g/mol. The average molecular weight is 501 g/mol. The molecule has 182 valence electrons. The molecule has 2 aromatic carbocycles. The van der Waals surface area contributed by atoms with Crippen LogP contribution in [0.25, 0.3) is 11.0 Å². The third kappa shape index (κ3) is 5.63. The van der Waals surface area contributed by atoms with Gasteiger partial charge in [0.05, 0.1) is 24.6 Å². The Morgan fingerprint density at radius 3 is 2.37 bits per heavy atom. The first-order valence-electron chi connectivity index (χ1n) is 10.9. The van der Waals surface area contributed by atoms with Gasteiger partial charge in [0.2, 0.25) is 5.28 Å². The number of carbonyl (C=O) groups excluding carboxylic acids is 1. The molecule has 0 aliphatic heterocycles. The molecule has 0 bridgehead atoms. The summed E-state index contributed by atoms with van der Waals surface area (Å²) in [6, 6.07) is 15.7. The predicted molar refractivity (Wildman–Crippen MR) is 127 cm³/mol. The summed E-state index contributed by atoms with van der Waals surface area (Å²) in [6.07, 6.45) is 0.615. The Balaban J connectivity index is 1.74. The van der Waals surface area contributed by atoms with Gasteiger partial charge in [0, 0.05) is 0 Å². The zero-order valence-corrected chi connectivity index (χ0v) is 19.8. The van der Waals surface area contributed by atoms with Crippen LogP contribution in [0.5, 0.6) is 5.75 Å². The normalized spacial score (nSPS) is 12.4. The van der Waals surface area contributed by atoms with E-state index in [-0.39, 0.29) is 35.3 Å². The predicted octanol–water partition coefficient (Wildman–Crippen LogP) is 5.86. The fourth-order valence-corrected chi connectivity index (χ4v) is 4.15. The molecule has 0 saturated carbocycles. The maximum atomic E-state index is 12.6. The SMILES string of the molecule is CC(C)C(c1ccc(OC(F)F)cc1)n1nc(COCc2ccccc2)c2c(C=O)nc(Cl)nc21. The minimum absolute atomic E-state index is 0.0199. The quantitative estimate of drug-likeness (QED) is 0.200. The summed E-state index contributed by atoms with van der Waals surface area (Å²) < 4.78 is 37.2. The van der Waals surface area contributed by atoms with Crippen molar-refractivity contribution in [3.63, 3.8) is 0 Å². The fraction of sp³-hybridized carbons (Fsp3) is 0.280. The third-order valence-electron chi connectivity index (χ3n) is 5.43. The number of hydrogen-bond acceptors (Lipinski definition) is 6. The van der Waals surface area contributed by atoms with Crippen LogP contribution in [0.15, 0.2) is 54.6 Å². The number of carbonyl (C=O) groups is 1. The number of nitrogens with zero attached hydrogens (tertiary/aromatic N) is 4. The lowest BCUT2D eigenvalue weighted by Gasteiger charge is -2.23. The molecule has 0 N–H and O–H groups in total. The number of halogens is 3. The lowest BCUT2D eigenvalue weighted by Crippen LogP contribution is -2.19. The van der Waals surface area contributed by atoms with Gasteiger partial charge in [-0.1, -0.05) is 56.3 Å². The highest BCUT2D eigenvalue weighted by molar-refractivity contribution is 6.28. The van der Waals surface area contributed by atoms with Crippen molar-refractivity contribution in [3.8, 4) is 5.75 Å². The van der Waals surface area contributed by atoms with E-state index in [2.05, 4.69) is 14.7 Å². The van der Waals surface area contributed by atoms with E-state index < -0.39 is 6.61 Å². The molecule has 2 heterocycles. The number of fused-ring (bicyclic) bond motifs is 1. The van der Waals surface area contributed by atoms with Crippen molar-refractivity contribution < 1.29 is 23.0 Å². The number of alkyl halides is 2. The first-order chi connectivity index (χ1) is 16.9. The number of aromatic nitrogens is 4. The van der Waals surface area contributed by atoms with E-state index in [1.807, 2.05) is 44.2 Å². The van der Waals surface area contributed by atoms with Crippen LogP contribution < -0.4 is 4.74 Å². The minimum atomic E-state index is -2.91. The maximum Gasteiger partial charge on any atom is 0.387 e. The molecule has 0 fully saturated rings. The average Bonchev–Trinajstić information content (AvgIpc) is 3.17. The Kier molecular flexibility index (Phi) is 7.67. The van der Waals surface area contributed by atoms with E-state index in [1.54, 1.807) is 16.8 Å². The highest BCUT2D eigenvalue weighted by atomic mass is 35.5. The number of rotatable bonds is 10. The first kappa shape index (κ1) is 24.7. The van der Waals surface area contributed by atoms with Crippen molar-refractivity contribution in [2.24, 2.45) is 5.92 Å². The topological polar surface area (TPSA) is 79.1 Å². The van der Waals surface area contributed by atoms with Crippen LogP contribution in [0.4, 0.5) is 8.78 Å². The van der Waals surface area contributed by atoms with E-state index in [9.17, 15) is 13.6 Å². The lowest BCUT2D eigenvalue weighted by molar-refractivity contribution is -0.0498. The lowest BCUT2D eigenvalue weighted by atomic mass is 9.96. The summed E-state index contributed by atoms with van der Waals surface area (Å²) in [5, 5.41) is 5.14. The minimum Gasteiger partial charge on any atom is -0.435 e. The van der Waals surface area contributed by atoms with Crippen molar-refractivity contribution in [1.29, 1.82) is 0 Å². The molecule has 0 aliphatic rings. The molecule has 1 unspecified atom stereocenters. The van der Waals surface area contributed by atoms with E-state index in [0.29, 0.717) is 29.6 Å². The maximum absolute atomic E-state index is 12.6. The Morgan fingerprint density at radius 1 is 1.03 bits per heavy atom. The van der Waals surface area contributed by atoms with Crippen molar-refractivity contribution >= 4 is 28.9 Å². The van der Waals surface area contributed by atoms with Crippen LogP contribution in [0.3, 0.4) is 0 Å². The summed E-state index contributed by atoms with van der Waals surface area (Å²) in [7, 11) is 0. The second-order valence-corrected chi connectivity index (χ2v) is 8.54. The highest BCUT2D eigenvalue weighted by Gasteiger charge is 2.26. The molecule has 0 aliphatic carbocycles. The number of aldehydes is 1. The van der Waals surface area contributed by atoms with Gasteiger partial charge in [0.1, 0.15) is 17.1 Å². The van der Waals surface area contributed by atoms with Crippen molar-refractivity contribution in [2.75, 3.05) is 0 Å². The van der Waals surface area contributed by atoms with Crippen LogP contribution in [0.2, 0.25) is 5.28 Å². The zero-order valence-electron chi connectivity index (χ0n) is 19.1. The largest absolute Gasteiger partial charge is 0.435 e. The van der Waals surface area contributed by atoms with Crippen LogP contribution in [0.1, 0.15) is 47.2 Å². The molecular weight excluding hydrogens is 478 g/mol. The zero-order chi connectivity index (χ0) is 24.9. The van der Waals surface area contributed by atoms with Gasteiger partial charge < -0.3 is 9.47 Å². The molecule has 0 radical (unpaired) electrons. The van der Waals surface area contributed by atoms with E-state index in [4.69, 9.17) is 21.4 Å². The van der Waals surface area contributed by atoms with Crippen molar-refractivity contribution in [2.45, 2.75) is 39.7 Å². The molecule has 2 aromatic heterocycles. The van der Waals surface area contributed by atoms with Gasteiger partial charge in [0.25, 0.3) is 0 Å². The summed E-state index contributed by atoms with van der Waals surface area (Å²) in [5.74, 6) is 0.0756. The summed E-state index contributed by atoms with van der Waals surface area (Å²) >= 11 is 6.13. The van der Waals surface area contributed by atoms with E-state index >= 15 is 0 Å². The first-order valence-corrected chi connectivity index (χ1v) is 11.3. The summed E-state index contributed by atoms with van der Waals surface area (Å²) in [5.41, 5.74) is 2.80. The van der Waals surface area contributed by atoms with E-state index in [1.165, 1.54) is 12.1 Å². The molecule has 10 heteroatoms. The molecule has 1 atom stereocenters. The van der Waals surface area contributed by atoms with Crippen LogP contribution in [-0.2, 0) is 18.0 Å². The standard InChI is InChI=1S/C25H23ClF2N4O3/c1-15(2)22(17-8-10-18(11-9-17)35-25(27)28)32-23-21(19(12-33)29-24(26)30-23)20(31-32)14-34-13-16-6-4-3-5-7-16/h3-12,15,22,25H,13-14H2,1-2H3. The molecule has 4 rings (SSSR count). The van der Waals surface area contributed by atoms with Gasteiger partial charge in [0.15, 0.2) is 11.9 Å². The summed E-state index contributed by atoms with van der Waals surface area (Å²) in [4.78, 5) is 20.3. The Labute approximate surface area is 205 Å². The summed E-state index contributed by atoms with van der Waals surface area (Å²) in [6.45, 7) is 1.57. The fourth-order valence-electron chi connectivity index (χ4n) is 3.98.